The van der Waals surface area contributed by atoms with Gasteiger partial charge in [0, 0.05) is 16.7 Å². The van der Waals surface area contributed by atoms with Crippen molar-refractivity contribution in [3.05, 3.63) is 74.3 Å². The van der Waals surface area contributed by atoms with Crippen molar-refractivity contribution >= 4 is 17.3 Å². The zero-order valence-corrected chi connectivity index (χ0v) is 10.6. The highest BCUT2D eigenvalue weighted by Crippen LogP contribution is 2.33. The minimum atomic E-state index is -1.69. The van der Waals surface area contributed by atoms with Crippen molar-refractivity contribution in [2.24, 2.45) is 0 Å². The molecule has 0 aromatic heterocycles. The molecule has 0 radical (unpaired) electrons. The number of aliphatic hydroxyl groups excluding tert-OH is 1. The van der Waals surface area contributed by atoms with Gasteiger partial charge in [-0.25, -0.2) is 8.78 Å². The first-order valence-electron chi connectivity index (χ1n) is 5.47. The fourth-order valence-corrected chi connectivity index (χ4v) is 1.98. The highest BCUT2D eigenvalue weighted by Gasteiger charge is 2.24. The molecule has 2 rings (SSSR count). The minimum Gasteiger partial charge on any atom is -0.383 e. The van der Waals surface area contributed by atoms with Crippen molar-refractivity contribution in [3.8, 4) is 0 Å². The van der Waals surface area contributed by atoms with Crippen molar-refractivity contribution in [2.45, 2.75) is 6.10 Å². The third kappa shape index (κ3) is 2.76. The van der Waals surface area contributed by atoms with Gasteiger partial charge in [0.1, 0.15) is 17.7 Å². The lowest BCUT2D eigenvalue weighted by atomic mass is 9.99. The summed E-state index contributed by atoms with van der Waals surface area (Å²) in [5.41, 5.74) is -1.02. The number of aliphatic hydroxyl groups is 1. The Morgan fingerprint density at radius 1 is 1.15 bits per heavy atom. The summed E-state index contributed by atoms with van der Waals surface area (Å²) in [5.74, 6) is -1.63. The van der Waals surface area contributed by atoms with Gasteiger partial charge in [0.2, 0.25) is 0 Å². The van der Waals surface area contributed by atoms with Gasteiger partial charge in [0.05, 0.1) is 10.5 Å². The molecule has 4 nitrogen and oxygen atoms in total. The quantitative estimate of drug-likeness (QED) is 0.695. The number of rotatable bonds is 3. The average Bonchev–Trinajstić information content (AvgIpc) is 2.40. The lowest BCUT2D eigenvalue weighted by Gasteiger charge is -2.13. The zero-order valence-electron chi connectivity index (χ0n) is 9.89. The molecule has 1 N–H and O–H groups in total. The average molecular weight is 300 g/mol. The summed E-state index contributed by atoms with van der Waals surface area (Å²) in [6.45, 7) is 0. The van der Waals surface area contributed by atoms with Gasteiger partial charge in [-0.3, -0.25) is 10.1 Å². The molecule has 1 unspecified atom stereocenters. The van der Waals surface area contributed by atoms with Crippen LogP contribution >= 0.6 is 11.6 Å². The fourth-order valence-electron chi connectivity index (χ4n) is 1.80. The Morgan fingerprint density at radius 2 is 1.85 bits per heavy atom. The third-order valence-corrected chi connectivity index (χ3v) is 2.97. The topological polar surface area (TPSA) is 63.4 Å². The largest absolute Gasteiger partial charge is 0.383 e. The molecule has 0 aliphatic rings. The molecule has 0 amide bonds. The Kier molecular flexibility index (Phi) is 3.96. The lowest BCUT2D eigenvalue weighted by Crippen LogP contribution is -2.06. The molecular weight excluding hydrogens is 292 g/mol. The molecule has 1 atom stereocenters. The molecular formula is C13H8ClF2NO3. The molecule has 0 spiro atoms. The third-order valence-electron chi connectivity index (χ3n) is 2.73. The molecule has 0 saturated heterocycles. The van der Waals surface area contributed by atoms with E-state index in [0.717, 1.165) is 30.3 Å². The lowest BCUT2D eigenvalue weighted by molar-refractivity contribution is -0.386. The molecule has 0 aliphatic carbocycles. The van der Waals surface area contributed by atoms with Crippen LogP contribution in [0, 0.1) is 21.7 Å². The summed E-state index contributed by atoms with van der Waals surface area (Å²) in [5, 5.41) is 21.1. The summed E-state index contributed by atoms with van der Waals surface area (Å²) >= 11 is 5.72. The van der Waals surface area contributed by atoms with E-state index in [4.69, 9.17) is 11.6 Å². The van der Waals surface area contributed by atoms with E-state index in [1.54, 1.807) is 0 Å². The normalized spacial score (nSPS) is 12.2. The zero-order chi connectivity index (χ0) is 14.9. The first-order valence-corrected chi connectivity index (χ1v) is 5.85. The number of nitro benzene ring substituents is 1. The molecule has 104 valence electrons. The maximum absolute atomic E-state index is 13.6. The fraction of sp³-hybridized carbons (Fsp3) is 0.0769. The van der Waals surface area contributed by atoms with Crippen molar-refractivity contribution in [1.82, 2.24) is 0 Å². The van der Waals surface area contributed by atoms with Crippen molar-refractivity contribution in [1.29, 1.82) is 0 Å². The Hall–Kier alpha value is -2.05. The van der Waals surface area contributed by atoms with Crippen LogP contribution < -0.4 is 0 Å². The van der Waals surface area contributed by atoms with Crippen LogP contribution in [0.4, 0.5) is 14.5 Å². The van der Waals surface area contributed by atoms with Gasteiger partial charge in [-0.05, 0) is 30.3 Å². The Labute approximate surface area is 117 Å². The first-order chi connectivity index (χ1) is 9.40. The van der Waals surface area contributed by atoms with Crippen LogP contribution in [0.2, 0.25) is 5.02 Å². The number of benzene rings is 2. The summed E-state index contributed by atoms with van der Waals surface area (Å²) in [4.78, 5) is 10.2. The monoisotopic (exact) mass is 299 g/mol. The molecule has 2 aromatic carbocycles. The van der Waals surface area contributed by atoms with E-state index >= 15 is 0 Å². The van der Waals surface area contributed by atoms with E-state index in [-0.39, 0.29) is 10.6 Å². The van der Waals surface area contributed by atoms with Crippen molar-refractivity contribution in [2.75, 3.05) is 0 Å². The van der Waals surface area contributed by atoms with E-state index in [1.165, 1.54) is 6.07 Å². The van der Waals surface area contributed by atoms with Gasteiger partial charge in [-0.2, -0.15) is 0 Å². The SMILES string of the molecule is O=[N+]([O-])c1ccc(Cl)cc1C(O)c1cc(F)ccc1F. The number of halogens is 3. The van der Waals surface area contributed by atoms with E-state index in [1.807, 2.05) is 0 Å². The standard InChI is InChI=1S/C13H8ClF2NO3/c14-7-1-4-12(17(19)20)10(5-7)13(18)9-6-8(15)2-3-11(9)16/h1-6,13,18H. The van der Waals surface area contributed by atoms with E-state index in [9.17, 15) is 24.0 Å². The second-order valence-electron chi connectivity index (χ2n) is 4.03. The number of nitro groups is 1. The van der Waals surface area contributed by atoms with E-state index < -0.39 is 33.9 Å². The van der Waals surface area contributed by atoms with Crippen molar-refractivity contribution in [3.63, 3.8) is 0 Å². The number of hydrogen-bond donors (Lipinski definition) is 1. The predicted octanol–water partition coefficient (Wildman–Crippen LogP) is 3.61. The minimum absolute atomic E-state index is 0.140. The second-order valence-corrected chi connectivity index (χ2v) is 4.47. The van der Waals surface area contributed by atoms with Crippen LogP contribution in [0.3, 0.4) is 0 Å². The van der Waals surface area contributed by atoms with Gasteiger partial charge in [-0.15, -0.1) is 0 Å². The molecule has 0 saturated carbocycles. The highest BCUT2D eigenvalue weighted by atomic mass is 35.5. The number of nitrogens with zero attached hydrogens (tertiary/aromatic N) is 1. The van der Waals surface area contributed by atoms with Crippen LogP contribution in [0.15, 0.2) is 36.4 Å². The molecule has 20 heavy (non-hydrogen) atoms. The van der Waals surface area contributed by atoms with Crippen LogP contribution in [0.25, 0.3) is 0 Å². The van der Waals surface area contributed by atoms with Gasteiger partial charge in [-0.1, -0.05) is 11.6 Å². The maximum atomic E-state index is 13.6. The van der Waals surface area contributed by atoms with E-state index in [0.29, 0.717) is 0 Å². The van der Waals surface area contributed by atoms with Crippen molar-refractivity contribution < 1.29 is 18.8 Å². The molecule has 0 fully saturated rings. The Morgan fingerprint density at radius 3 is 2.50 bits per heavy atom. The summed E-state index contributed by atoms with van der Waals surface area (Å²) < 4.78 is 26.7. The molecule has 0 bridgehead atoms. The van der Waals surface area contributed by atoms with Crippen LogP contribution in [0.1, 0.15) is 17.2 Å². The van der Waals surface area contributed by atoms with E-state index in [2.05, 4.69) is 0 Å². The van der Waals surface area contributed by atoms with Gasteiger partial charge in [0.25, 0.3) is 5.69 Å². The summed E-state index contributed by atoms with van der Waals surface area (Å²) in [6.07, 6.45) is -1.69. The highest BCUT2D eigenvalue weighted by molar-refractivity contribution is 6.30. The first kappa shape index (κ1) is 14.4. The number of hydrogen-bond acceptors (Lipinski definition) is 3. The van der Waals surface area contributed by atoms with Crippen LogP contribution in [0.5, 0.6) is 0 Å². The molecule has 0 aliphatic heterocycles. The van der Waals surface area contributed by atoms with Gasteiger partial charge < -0.3 is 5.11 Å². The smallest absolute Gasteiger partial charge is 0.275 e. The summed E-state index contributed by atoms with van der Waals surface area (Å²) in [6, 6.07) is 6.03. The molecule has 0 heterocycles. The van der Waals surface area contributed by atoms with Crippen LogP contribution in [-0.4, -0.2) is 10.0 Å². The maximum Gasteiger partial charge on any atom is 0.275 e. The predicted molar refractivity (Wildman–Crippen MR) is 68.5 cm³/mol. The molecule has 2 aromatic rings. The van der Waals surface area contributed by atoms with Gasteiger partial charge >= 0.3 is 0 Å². The summed E-state index contributed by atoms with van der Waals surface area (Å²) in [7, 11) is 0. The Balaban J connectivity index is 2.58. The van der Waals surface area contributed by atoms with Gasteiger partial charge in [0.15, 0.2) is 0 Å². The Bertz CT molecular complexity index is 679. The second kappa shape index (κ2) is 5.52. The van der Waals surface area contributed by atoms with Crippen LogP contribution in [-0.2, 0) is 0 Å². The molecule has 7 heteroatoms.